The van der Waals surface area contributed by atoms with E-state index in [0.29, 0.717) is 12.3 Å². The van der Waals surface area contributed by atoms with Crippen LogP contribution in [0.1, 0.15) is 17.4 Å². The Hall–Kier alpha value is -3.06. The van der Waals surface area contributed by atoms with Gasteiger partial charge >= 0.3 is 6.03 Å². The number of nitrogens with one attached hydrogen (secondary N) is 2. The third-order valence-electron chi connectivity index (χ3n) is 3.75. The Morgan fingerprint density at radius 1 is 1.28 bits per heavy atom. The average Bonchev–Trinajstić information content (AvgIpc) is 3.30. The van der Waals surface area contributed by atoms with Gasteiger partial charge in [0.25, 0.3) is 0 Å². The number of rotatable bonds is 6. The van der Waals surface area contributed by atoms with Crippen molar-refractivity contribution in [3.63, 3.8) is 0 Å². The van der Waals surface area contributed by atoms with Crippen molar-refractivity contribution in [3.05, 3.63) is 66.4 Å². The van der Waals surface area contributed by atoms with Crippen LogP contribution in [-0.2, 0) is 13.6 Å². The van der Waals surface area contributed by atoms with Crippen molar-refractivity contribution >= 4 is 6.03 Å². The molecule has 0 fully saturated rings. The van der Waals surface area contributed by atoms with Gasteiger partial charge in [-0.1, -0.05) is 18.2 Å². The SMILES string of the molecule is Cn1cc(-c2cccc(CNC(=O)NCC(O)c3ccco3)c2)cn1. The highest BCUT2D eigenvalue weighted by Gasteiger charge is 2.11. The molecule has 0 aliphatic rings. The van der Waals surface area contributed by atoms with Gasteiger partial charge in [-0.05, 0) is 29.3 Å². The zero-order valence-corrected chi connectivity index (χ0v) is 13.8. The maximum absolute atomic E-state index is 11.9. The van der Waals surface area contributed by atoms with Crippen molar-refractivity contribution in [1.29, 1.82) is 0 Å². The van der Waals surface area contributed by atoms with Crippen molar-refractivity contribution in [2.45, 2.75) is 12.6 Å². The predicted octanol–water partition coefficient (Wildman–Crippen LogP) is 2.21. The first-order valence-electron chi connectivity index (χ1n) is 7.93. The number of hydrogen-bond donors (Lipinski definition) is 3. The van der Waals surface area contributed by atoms with E-state index >= 15 is 0 Å². The molecule has 2 aromatic heterocycles. The molecule has 0 spiro atoms. The van der Waals surface area contributed by atoms with Gasteiger partial charge in [0.05, 0.1) is 19.0 Å². The molecule has 1 aromatic carbocycles. The molecule has 0 saturated heterocycles. The summed E-state index contributed by atoms with van der Waals surface area (Å²) in [6.07, 6.45) is 4.35. The fraction of sp³-hybridized carbons (Fsp3) is 0.222. The Kier molecular flexibility index (Phi) is 5.15. The van der Waals surface area contributed by atoms with Crippen LogP contribution in [0.25, 0.3) is 11.1 Å². The summed E-state index contributed by atoms with van der Waals surface area (Å²) < 4.78 is 6.83. The number of carbonyl (C=O) groups excluding carboxylic acids is 1. The zero-order valence-electron chi connectivity index (χ0n) is 13.8. The molecule has 130 valence electrons. The first-order valence-corrected chi connectivity index (χ1v) is 7.93. The van der Waals surface area contributed by atoms with E-state index in [9.17, 15) is 9.90 Å². The largest absolute Gasteiger partial charge is 0.467 e. The molecule has 0 bridgehead atoms. The fourth-order valence-electron chi connectivity index (χ4n) is 2.45. The van der Waals surface area contributed by atoms with Crippen LogP contribution in [-0.4, -0.2) is 27.5 Å². The summed E-state index contributed by atoms with van der Waals surface area (Å²) in [6.45, 7) is 0.464. The number of aliphatic hydroxyl groups excluding tert-OH is 1. The molecule has 0 aliphatic carbocycles. The molecule has 25 heavy (non-hydrogen) atoms. The number of nitrogens with zero attached hydrogens (tertiary/aromatic N) is 2. The van der Waals surface area contributed by atoms with Crippen molar-refractivity contribution in [1.82, 2.24) is 20.4 Å². The minimum Gasteiger partial charge on any atom is -0.467 e. The topological polar surface area (TPSA) is 92.3 Å². The number of aromatic nitrogens is 2. The van der Waals surface area contributed by atoms with Crippen LogP contribution in [0.2, 0.25) is 0 Å². The van der Waals surface area contributed by atoms with E-state index in [0.717, 1.165) is 16.7 Å². The molecule has 3 N–H and O–H groups in total. The van der Waals surface area contributed by atoms with Crippen molar-refractivity contribution in [2.75, 3.05) is 6.54 Å². The first-order chi connectivity index (χ1) is 12.1. The first kappa shape index (κ1) is 16.8. The van der Waals surface area contributed by atoms with E-state index in [4.69, 9.17) is 4.42 Å². The Morgan fingerprint density at radius 3 is 2.88 bits per heavy atom. The van der Waals surface area contributed by atoms with Gasteiger partial charge in [0.2, 0.25) is 0 Å². The van der Waals surface area contributed by atoms with E-state index in [2.05, 4.69) is 15.7 Å². The Morgan fingerprint density at radius 2 is 2.16 bits per heavy atom. The van der Waals surface area contributed by atoms with Crippen molar-refractivity contribution < 1.29 is 14.3 Å². The van der Waals surface area contributed by atoms with Crippen LogP contribution in [0, 0.1) is 0 Å². The molecular weight excluding hydrogens is 320 g/mol. The van der Waals surface area contributed by atoms with Crippen molar-refractivity contribution in [2.24, 2.45) is 7.05 Å². The highest BCUT2D eigenvalue weighted by Crippen LogP contribution is 2.19. The number of urea groups is 1. The molecule has 0 aliphatic heterocycles. The normalized spacial score (nSPS) is 11.9. The molecule has 1 unspecified atom stereocenters. The number of furan rings is 1. The summed E-state index contributed by atoms with van der Waals surface area (Å²) in [5, 5.41) is 19.4. The third kappa shape index (κ3) is 4.48. The number of carbonyl (C=O) groups is 1. The molecule has 0 radical (unpaired) electrons. The van der Waals surface area contributed by atoms with Crippen LogP contribution < -0.4 is 10.6 Å². The van der Waals surface area contributed by atoms with Gasteiger partial charge in [0.1, 0.15) is 11.9 Å². The van der Waals surface area contributed by atoms with Gasteiger partial charge in [-0.3, -0.25) is 4.68 Å². The van der Waals surface area contributed by atoms with Crippen LogP contribution in [0.3, 0.4) is 0 Å². The van der Waals surface area contributed by atoms with Crippen LogP contribution in [0.5, 0.6) is 0 Å². The number of aryl methyl sites for hydroxylation is 1. The number of hydrogen-bond acceptors (Lipinski definition) is 4. The van der Waals surface area contributed by atoms with Gasteiger partial charge in [0, 0.05) is 25.4 Å². The summed E-state index contributed by atoms with van der Waals surface area (Å²) >= 11 is 0. The quantitative estimate of drug-likeness (QED) is 0.641. The maximum Gasteiger partial charge on any atom is 0.315 e. The lowest BCUT2D eigenvalue weighted by Gasteiger charge is -2.11. The summed E-state index contributed by atoms with van der Waals surface area (Å²) in [4.78, 5) is 11.9. The smallest absolute Gasteiger partial charge is 0.315 e. The highest BCUT2D eigenvalue weighted by molar-refractivity contribution is 5.74. The molecule has 3 rings (SSSR count). The Balaban J connectivity index is 1.50. The second kappa shape index (κ2) is 7.67. The Labute approximate surface area is 145 Å². The van der Waals surface area contributed by atoms with E-state index in [1.54, 1.807) is 23.0 Å². The summed E-state index contributed by atoms with van der Waals surface area (Å²) in [7, 11) is 1.87. The Bertz CT molecular complexity index is 826. The van der Waals surface area contributed by atoms with Crippen LogP contribution in [0.4, 0.5) is 4.79 Å². The van der Waals surface area contributed by atoms with E-state index in [1.165, 1.54) is 6.26 Å². The second-order valence-electron chi connectivity index (χ2n) is 5.70. The molecule has 7 nitrogen and oxygen atoms in total. The minimum absolute atomic E-state index is 0.0784. The maximum atomic E-state index is 11.9. The monoisotopic (exact) mass is 340 g/mol. The average molecular weight is 340 g/mol. The standard InChI is InChI=1S/C18H20N4O3/c1-22-12-15(10-21-22)14-5-2-4-13(8-14)9-19-18(24)20-11-16(23)17-6-3-7-25-17/h2-8,10,12,16,23H,9,11H2,1H3,(H2,19,20,24). The fourth-order valence-corrected chi connectivity index (χ4v) is 2.45. The highest BCUT2D eigenvalue weighted by atomic mass is 16.4. The van der Waals surface area contributed by atoms with Gasteiger partial charge in [0.15, 0.2) is 0 Å². The van der Waals surface area contributed by atoms with Gasteiger partial charge in [-0.2, -0.15) is 5.10 Å². The van der Waals surface area contributed by atoms with E-state index in [1.807, 2.05) is 37.5 Å². The van der Waals surface area contributed by atoms with E-state index in [-0.39, 0.29) is 12.6 Å². The second-order valence-corrected chi connectivity index (χ2v) is 5.70. The van der Waals surface area contributed by atoms with Gasteiger partial charge < -0.3 is 20.2 Å². The molecule has 3 aromatic rings. The van der Waals surface area contributed by atoms with Gasteiger partial charge in [-0.25, -0.2) is 4.79 Å². The lowest BCUT2D eigenvalue weighted by Crippen LogP contribution is -2.37. The summed E-state index contributed by atoms with van der Waals surface area (Å²) in [5.41, 5.74) is 3.04. The third-order valence-corrected chi connectivity index (χ3v) is 3.75. The molecule has 2 amide bonds. The van der Waals surface area contributed by atoms with E-state index < -0.39 is 6.10 Å². The summed E-state index contributed by atoms with van der Waals surface area (Å²) in [5.74, 6) is 0.421. The molecule has 0 saturated carbocycles. The predicted molar refractivity (Wildman–Crippen MR) is 92.6 cm³/mol. The molecule has 2 heterocycles. The van der Waals surface area contributed by atoms with Crippen LogP contribution >= 0.6 is 0 Å². The number of aliphatic hydroxyl groups is 1. The molecule has 1 atom stereocenters. The molecule has 7 heteroatoms. The lowest BCUT2D eigenvalue weighted by atomic mass is 10.1. The van der Waals surface area contributed by atoms with Crippen molar-refractivity contribution in [3.8, 4) is 11.1 Å². The number of amides is 2. The lowest BCUT2D eigenvalue weighted by molar-refractivity contribution is 0.148. The van der Waals surface area contributed by atoms with Gasteiger partial charge in [-0.15, -0.1) is 0 Å². The number of benzene rings is 1. The summed E-state index contributed by atoms with van der Waals surface area (Å²) in [6, 6.07) is 10.9. The molecular formula is C18H20N4O3. The zero-order chi connectivity index (χ0) is 17.6. The van der Waals surface area contributed by atoms with Crippen LogP contribution in [0.15, 0.2) is 59.5 Å². The minimum atomic E-state index is -0.866.